The number of ether oxygens (including phenoxy) is 2. The number of rotatable bonds is 8. The molecular formula is C24H48O6. The summed E-state index contributed by atoms with van der Waals surface area (Å²) in [5.74, 6) is 1.79. The molecule has 0 radical (unpaired) electrons. The van der Waals surface area contributed by atoms with E-state index in [0.717, 1.165) is 25.7 Å². The van der Waals surface area contributed by atoms with Gasteiger partial charge in [-0.25, -0.2) is 0 Å². The highest BCUT2D eigenvalue weighted by atomic mass is 16.5. The Labute approximate surface area is 184 Å². The van der Waals surface area contributed by atoms with Gasteiger partial charge in [0, 0.05) is 50.1 Å². The second-order valence-corrected chi connectivity index (χ2v) is 10.0. The van der Waals surface area contributed by atoms with E-state index in [1.54, 1.807) is 0 Å². The highest BCUT2D eigenvalue weighted by Gasteiger charge is 2.35. The minimum Gasteiger partial charge on any atom is -0.396 e. The first-order chi connectivity index (χ1) is 14.2. The zero-order valence-electron chi connectivity index (χ0n) is 20.0. The maximum Gasteiger partial charge on any atom is 0.0651 e. The van der Waals surface area contributed by atoms with Crippen LogP contribution in [0.15, 0.2) is 0 Å². The van der Waals surface area contributed by atoms with Gasteiger partial charge in [-0.05, 0) is 37.5 Å². The quantitative estimate of drug-likeness (QED) is 0.471. The summed E-state index contributed by atoms with van der Waals surface area (Å²) < 4.78 is 12.0. The Kier molecular flexibility index (Phi) is 13.0. The number of aliphatic hydroxyl groups is 4. The van der Waals surface area contributed by atoms with Crippen LogP contribution in [0, 0.1) is 35.5 Å². The zero-order chi connectivity index (χ0) is 22.8. The van der Waals surface area contributed by atoms with E-state index >= 15 is 0 Å². The van der Waals surface area contributed by atoms with Crippen LogP contribution in [-0.2, 0) is 9.47 Å². The lowest BCUT2D eigenvalue weighted by atomic mass is 9.84. The minimum atomic E-state index is 0.141. The van der Waals surface area contributed by atoms with Crippen molar-refractivity contribution in [1.29, 1.82) is 0 Å². The van der Waals surface area contributed by atoms with E-state index in [4.69, 9.17) is 29.9 Å². The van der Waals surface area contributed by atoms with Crippen LogP contribution in [0.2, 0.25) is 0 Å². The Hall–Kier alpha value is -0.240. The molecule has 0 aromatic rings. The van der Waals surface area contributed by atoms with Crippen LogP contribution in [0.1, 0.15) is 67.2 Å². The Morgan fingerprint density at radius 1 is 0.567 bits per heavy atom. The first-order valence-corrected chi connectivity index (χ1v) is 11.9. The van der Waals surface area contributed by atoms with Gasteiger partial charge in [0.1, 0.15) is 0 Å². The van der Waals surface area contributed by atoms with Crippen LogP contribution < -0.4 is 0 Å². The second-order valence-electron chi connectivity index (χ2n) is 10.0. The summed E-state index contributed by atoms with van der Waals surface area (Å²) in [5, 5.41) is 36.5. The molecule has 10 atom stereocenters. The molecule has 0 unspecified atom stereocenters. The van der Waals surface area contributed by atoms with Gasteiger partial charge in [-0.1, -0.05) is 41.5 Å². The first-order valence-electron chi connectivity index (χ1n) is 11.9. The Morgan fingerprint density at radius 2 is 0.867 bits per heavy atom. The molecule has 0 bridgehead atoms. The third kappa shape index (κ3) is 8.03. The molecule has 30 heavy (non-hydrogen) atoms. The molecule has 180 valence electrons. The molecule has 2 rings (SSSR count). The van der Waals surface area contributed by atoms with Crippen molar-refractivity contribution in [2.45, 2.75) is 91.6 Å². The highest BCUT2D eigenvalue weighted by molar-refractivity contribution is 4.83. The van der Waals surface area contributed by atoms with Crippen LogP contribution in [0.4, 0.5) is 0 Å². The number of aliphatic hydroxyl groups excluding tert-OH is 4. The van der Waals surface area contributed by atoms with Gasteiger partial charge < -0.3 is 29.9 Å². The topological polar surface area (TPSA) is 99.4 Å². The monoisotopic (exact) mass is 432 g/mol. The molecule has 0 saturated carbocycles. The van der Waals surface area contributed by atoms with E-state index in [-0.39, 0.29) is 74.5 Å². The van der Waals surface area contributed by atoms with Gasteiger partial charge in [-0.3, -0.25) is 0 Å². The molecule has 2 aliphatic rings. The molecule has 2 saturated heterocycles. The van der Waals surface area contributed by atoms with E-state index in [2.05, 4.69) is 13.8 Å². The van der Waals surface area contributed by atoms with Gasteiger partial charge in [-0.2, -0.15) is 0 Å². The summed E-state index contributed by atoms with van der Waals surface area (Å²) in [4.78, 5) is 0. The summed E-state index contributed by atoms with van der Waals surface area (Å²) >= 11 is 0. The first kappa shape index (κ1) is 27.8. The summed E-state index contributed by atoms with van der Waals surface area (Å²) in [6.07, 6.45) is 4.91. The van der Waals surface area contributed by atoms with Crippen molar-refractivity contribution in [2.75, 3.05) is 26.4 Å². The predicted octanol–water partition coefficient (Wildman–Crippen LogP) is 2.85. The Morgan fingerprint density at radius 3 is 1.13 bits per heavy atom. The van der Waals surface area contributed by atoms with Crippen molar-refractivity contribution in [3.8, 4) is 0 Å². The predicted molar refractivity (Wildman–Crippen MR) is 119 cm³/mol. The SMILES string of the molecule is C[C@H](CO)[C@@H]1CC[C@H](C)[C@@H]([C@@H](C)CO)O1.C[C@H](CO)[C@@H]1CC[C@H](C)[C@@H]([C@@H](C)CO)O1. The van der Waals surface area contributed by atoms with Crippen LogP contribution in [-0.4, -0.2) is 71.3 Å². The fourth-order valence-electron chi connectivity index (χ4n) is 4.66. The lowest BCUT2D eigenvalue weighted by Crippen LogP contribution is -2.42. The molecule has 2 fully saturated rings. The van der Waals surface area contributed by atoms with Crippen LogP contribution in [0.25, 0.3) is 0 Å². The molecule has 0 aromatic carbocycles. The number of hydrogen-bond acceptors (Lipinski definition) is 6. The fourth-order valence-corrected chi connectivity index (χ4v) is 4.66. The van der Waals surface area contributed by atoms with Crippen LogP contribution in [0.3, 0.4) is 0 Å². The summed E-state index contributed by atoms with van der Waals surface area (Å²) in [6, 6.07) is 0. The molecule has 6 nitrogen and oxygen atoms in total. The summed E-state index contributed by atoms with van der Waals surface area (Å²) in [7, 11) is 0. The maximum absolute atomic E-state index is 9.16. The van der Waals surface area contributed by atoms with Gasteiger partial charge in [0.25, 0.3) is 0 Å². The Balaban J connectivity index is 0.000000300. The third-order valence-electron chi connectivity index (χ3n) is 7.14. The summed E-state index contributed by atoms with van der Waals surface area (Å²) in [5.41, 5.74) is 0. The van der Waals surface area contributed by atoms with Gasteiger partial charge in [-0.15, -0.1) is 0 Å². The van der Waals surface area contributed by atoms with Crippen molar-refractivity contribution < 1.29 is 29.9 Å². The largest absolute Gasteiger partial charge is 0.396 e. The zero-order valence-corrected chi connectivity index (χ0v) is 20.0. The third-order valence-corrected chi connectivity index (χ3v) is 7.14. The second kappa shape index (κ2) is 14.0. The van der Waals surface area contributed by atoms with E-state index in [1.807, 2.05) is 27.7 Å². The van der Waals surface area contributed by atoms with E-state index in [1.165, 1.54) is 0 Å². The highest BCUT2D eigenvalue weighted by Crippen LogP contribution is 2.33. The molecule has 2 aliphatic heterocycles. The molecule has 0 spiro atoms. The molecular weight excluding hydrogens is 384 g/mol. The molecule has 0 amide bonds. The summed E-state index contributed by atoms with van der Waals surface area (Å²) in [6.45, 7) is 13.1. The van der Waals surface area contributed by atoms with Gasteiger partial charge in [0.15, 0.2) is 0 Å². The molecule has 0 aliphatic carbocycles. The average Bonchev–Trinajstić information content (AvgIpc) is 2.77. The molecule has 2 heterocycles. The van der Waals surface area contributed by atoms with Crippen molar-refractivity contribution >= 4 is 0 Å². The lowest BCUT2D eigenvalue weighted by molar-refractivity contribution is -0.132. The fraction of sp³-hybridized carbons (Fsp3) is 1.00. The van der Waals surface area contributed by atoms with E-state index in [9.17, 15) is 0 Å². The van der Waals surface area contributed by atoms with Crippen LogP contribution >= 0.6 is 0 Å². The lowest BCUT2D eigenvalue weighted by Gasteiger charge is -2.39. The van der Waals surface area contributed by atoms with Gasteiger partial charge in [0.05, 0.1) is 24.4 Å². The van der Waals surface area contributed by atoms with Gasteiger partial charge >= 0.3 is 0 Å². The molecule has 4 N–H and O–H groups in total. The van der Waals surface area contributed by atoms with E-state index in [0.29, 0.717) is 11.8 Å². The maximum atomic E-state index is 9.16. The Bertz CT molecular complexity index is 399. The van der Waals surface area contributed by atoms with Crippen molar-refractivity contribution in [3.05, 3.63) is 0 Å². The van der Waals surface area contributed by atoms with Crippen LogP contribution in [0.5, 0.6) is 0 Å². The standard InChI is InChI=1S/2C12H24O3/c2*1-8-4-5-11(9(2)6-13)15-12(8)10(3)7-14/h2*8-14H,4-7H2,1-3H3/t2*8-,9+,10-,11-,12-/m00/s1. The molecule has 6 heteroatoms. The normalized spacial score (nSPS) is 36.2. The minimum absolute atomic E-state index is 0.141. The van der Waals surface area contributed by atoms with Crippen molar-refractivity contribution in [3.63, 3.8) is 0 Å². The number of hydrogen-bond donors (Lipinski definition) is 4. The average molecular weight is 433 g/mol. The van der Waals surface area contributed by atoms with E-state index < -0.39 is 0 Å². The molecule has 0 aromatic heterocycles. The van der Waals surface area contributed by atoms with Gasteiger partial charge in [0.2, 0.25) is 0 Å². The van der Waals surface area contributed by atoms with Crippen molar-refractivity contribution in [2.24, 2.45) is 35.5 Å². The smallest absolute Gasteiger partial charge is 0.0651 e. The van der Waals surface area contributed by atoms with Crippen molar-refractivity contribution in [1.82, 2.24) is 0 Å².